The molecule has 2 fully saturated rings. The molecule has 2 heterocycles. The Hall–Kier alpha value is -1.08. The first-order chi connectivity index (χ1) is 11.7. The predicted octanol–water partition coefficient (Wildman–Crippen LogP) is 3.99. The van der Waals surface area contributed by atoms with Crippen molar-refractivity contribution >= 4 is 23.7 Å². The van der Waals surface area contributed by atoms with Crippen molar-refractivity contribution in [1.82, 2.24) is 15.2 Å². The van der Waals surface area contributed by atoms with Gasteiger partial charge < -0.3 is 5.32 Å². The van der Waals surface area contributed by atoms with E-state index in [4.69, 9.17) is 0 Å². The fourth-order valence-corrected chi connectivity index (χ4v) is 4.61. The molecule has 1 atom stereocenters. The van der Waals surface area contributed by atoms with Crippen molar-refractivity contribution in [3.63, 3.8) is 0 Å². The van der Waals surface area contributed by atoms with Crippen molar-refractivity contribution in [2.24, 2.45) is 5.41 Å². The molecule has 1 aliphatic carbocycles. The summed E-state index contributed by atoms with van der Waals surface area (Å²) in [6.45, 7) is 3.04. The van der Waals surface area contributed by atoms with Crippen LogP contribution in [0.2, 0.25) is 0 Å². The predicted molar refractivity (Wildman–Crippen MR) is 97.9 cm³/mol. The Morgan fingerprint density at radius 2 is 1.92 bits per heavy atom. The fourth-order valence-electron chi connectivity index (χ4n) is 3.97. The van der Waals surface area contributed by atoms with Gasteiger partial charge in [0.2, 0.25) is 0 Å². The number of nitrogens with one attached hydrogen (secondary N) is 1. The van der Waals surface area contributed by atoms with Crippen molar-refractivity contribution in [2.75, 3.05) is 13.1 Å². The molecular formula is C18H22ClF2N3S. The minimum Gasteiger partial charge on any atom is -0.317 e. The van der Waals surface area contributed by atoms with Gasteiger partial charge in [0, 0.05) is 29.7 Å². The molecule has 1 aromatic carbocycles. The number of piperidine rings is 1. The third-order valence-corrected chi connectivity index (χ3v) is 6.20. The van der Waals surface area contributed by atoms with E-state index in [1.165, 1.54) is 18.2 Å². The second-order valence-electron chi connectivity index (χ2n) is 6.86. The van der Waals surface area contributed by atoms with Gasteiger partial charge in [-0.25, -0.2) is 13.8 Å². The first-order valence-electron chi connectivity index (χ1n) is 8.44. The van der Waals surface area contributed by atoms with Gasteiger partial charge in [-0.15, -0.1) is 23.7 Å². The molecule has 4 rings (SSSR count). The van der Waals surface area contributed by atoms with Crippen LogP contribution in [-0.4, -0.2) is 29.0 Å². The van der Waals surface area contributed by atoms with Gasteiger partial charge in [0.15, 0.2) is 0 Å². The van der Waals surface area contributed by atoms with Crippen LogP contribution in [0.15, 0.2) is 29.8 Å². The second-order valence-corrected chi connectivity index (χ2v) is 7.84. The number of halogens is 3. The molecule has 2 aromatic rings. The standard InChI is InChI=1S/C18H21F2N3S.ClH/c19-14-2-1-3-15(20)13(14)11-23(12-17-22-8-9-24-17)16-10-18(16)4-6-21-7-5-18;/h1-3,8-9,16,21H,4-7,10-12H2;1H. The number of thiazole rings is 1. The Labute approximate surface area is 156 Å². The molecule has 3 nitrogen and oxygen atoms in total. The van der Waals surface area contributed by atoms with E-state index in [9.17, 15) is 8.78 Å². The number of hydrogen-bond acceptors (Lipinski definition) is 4. The Morgan fingerprint density at radius 3 is 2.56 bits per heavy atom. The lowest BCUT2D eigenvalue weighted by atomic mass is 9.93. The Morgan fingerprint density at radius 1 is 1.20 bits per heavy atom. The van der Waals surface area contributed by atoms with E-state index < -0.39 is 11.6 Å². The minimum absolute atomic E-state index is 0. The first kappa shape index (κ1) is 18.7. The Bertz CT molecular complexity index is 684. The third kappa shape index (κ3) is 3.87. The van der Waals surface area contributed by atoms with Crippen LogP contribution in [0.4, 0.5) is 8.78 Å². The molecule has 1 saturated carbocycles. The maximum absolute atomic E-state index is 14.1. The topological polar surface area (TPSA) is 28.2 Å². The average Bonchev–Trinajstić information content (AvgIpc) is 3.02. The highest BCUT2D eigenvalue weighted by atomic mass is 35.5. The van der Waals surface area contributed by atoms with E-state index in [0.717, 1.165) is 37.4 Å². The molecule has 1 aliphatic heterocycles. The summed E-state index contributed by atoms with van der Waals surface area (Å²) in [6, 6.07) is 4.49. The molecule has 1 aromatic heterocycles. The molecule has 1 unspecified atom stereocenters. The SMILES string of the molecule is Cl.Fc1cccc(F)c1CN(Cc1nccs1)C1CC12CCNCC2. The third-order valence-electron chi connectivity index (χ3n) is 5.43. The number of aromatic nitrogens is 1. The zero-order chi connectivity index (χ0) is 16.6. The summed E-state index contributed by atoms with van der Waals surface area (Å²) >= 11 is 1.60. The van der Waals surface area contributed by atoms with E-state index in [-0.39, 0.29) is 18.0 Å². The zero-order valence-corrected chi connectivity index (χ0v) is 15.5. The fraction of sp³-hybridized carbons (Fsp3) is 0.500. The quantitative estimate of drug-likeness (QED) is 0.843. The van der Waals surface area contributed by atoms with Gasteiger partial charge >= 0.3 is 0 Å². The summed E-state index contributed by atoms with van der Waals surface area (Å²) in [4.78, 5) is 6.59. The molecule has 0 bridgehead atoms. The molecule has 25 heavy (non-hydrogen) atoms. The van der Waals surface area contributed by atoms with Crippen molar-refractivity contribution in [2.45, 2.75) is 38.4 Å². The molecule has 1 N–H and O–H groups in total. The smallest absolute Gasteiger partial charge is 0.130 e. The van der Waals surface area contributed by atoms with Crippen molar-refractivity contribution in [3.8, 4) is 0 Å². The van der Waals surface area contributed by atoms with Crippen LogP contribution in [0.1, 0.15) is 29.8 Å². The monoisotopic (exact) mass is 385 g/mol. The van der Waals surface area contributed by atoms with Crippen molar-refractivity contribution in [3.05, 3.63) is 52.0 Å². The molecule has 0 amide bonds. The number of rotatable bonds is 5. The lowest BCUT2D eigenvalue weighted by Gasteiger charge is -2.29. The molecule has 136 valence electrons. The number of benzene rings is 1. The summed E-state index contributed by atoms with van der Waals surface area (Å²) in [5, 5.41) is 6.36. The number of nitrogens with zero attached hydrogens (tertiary/aromatic N) is 2. The van der Waals surface area contributed by atoms with Crippen LogP contribution in [-0.2, 0) is 13.1 Å². The van der Waals surface area contributed by atoms with Crippen molar-refractivity contribution in [1.29, 1.82) is 0 Å². The number of hydrogen-bond donors (Lipinski definition) is 1. The Kier molecular flexibility index (Phi) is 5.73. The van der Waals surface area contributed by atoms with E-state index in [1.54, 1.807) is 17.5 Å². The van der Waals surface area contributed by atoms with Gasteiger partial charge in [0.1, 0.15) is 16.6 Å². The highest BCUT2D eigenvalue weighted by Crippen LogP contribution is 2.56. The van der Waals surface area contributed by atoms with E-state index >= 15 is 0 Å². The van der Waals surface area contributed by atoms with Gasteiger partial charge in [-0.1, -0.05) is 6.07 Å². The van der Waals surface area contributed by atoms with Crippen LogP contribution >= 0.6 is 23.7 Å². The first-order valence-corrected chi connectivity index (χ1v) is 9.32. The highest BCUT2D eigenvalue weighted by molar-refractivity contribution is 7.09. The van der Waals surface area contributed by atoms with Crippen LogP contribution in [0, 0.1) is 17.0 Å². The van der Waals surface area contributed by atoms with Crippen LogP contribution in [0.5, 0.6) is 0 Å². The summed E-state index contributed by atoms with van der Waals surface area (Å²) in [5.74, 6) is -0.918. The average molecular weight is 386 g/mol. The molecule has 1 spiro atoms. The van der Waals surface area contributed by atoms with Crippen LogP contribution in [0.25, 0.3) is 0 Å². The van der Waals surface area contributed by atoms with Crippen LogP contribution < -0.4 is 5.32 Å². The van der Waals surface area contributed by atoms with Gasteiger partial charge in [-0.3, -0.25) is 4.90 Å². The summed E-state index contributed by atoms with van der Waals surface area (Å²) in [7, 11) is 0. The molecule has 0 radical (unpaired) electrons. The second kappa shape index (κ2) is 7.66. The Balaban J connectivity index is 0.00000182. The van der Waals surface area contributed by atoms with Gasteiger partial charge in [-0.05, 0) is 49.9 Å². The van der Waals surface area contributed by atoms with Crippen LogP contribution in [0.3, 0.4) is 0 Å². The molecule has 2 aliphatic rings. The normalized spacial score (nSPS) is 21.3. The van der Waals surface area contributed by atoms with E-state index in [0.29, 0.717) is 24.5 Å². The van der Waals surface area contributed by atoms with Gasteiger partial charge in [0.05, 0.1) is 6.54 Å². The maximum atomic E-state index is 14.1. The summed E-state index contributed by atoms with van der Waals surface area (Å²) < 4.78 is 28.2. The molecule has 1 saturated heterocycles. The van der Waals surface area contributed by atoms with E-state index in [1.807, 2.05) is 5.38 Å². The van der Waals surface area contributed by atoms with Gasteiger partial charge in [0.25, 0.3) is 0 Å². The zero-order valence-electron chi connectivity index (χ0n) is 13.9. The lowest BCUT2D eigenvalue weighted by Crippen LogP contribution is -2.36. The lowest BCUT2D eigenvalue weighted by molar-refractivity contribution is 0.183. The molecular weight excluding hydrogens is 364 g/mol. The van der Waals surface area contributed by atoms with Crippen molar-refractivity contribution < 1.29 is 8.78 Å². The summed E-state index contributed by atoms with van der Waals surface area (Å²) in [5.41, 5.74) is 0.495. The maximum Gasteiger partial charge on any atom is 0.130 e. The minimum atomic E-state index is -0.459. The molecule has 7 heteroatoms. The van der Waals surface area contributed by atoms with E-state index in [2.05, 4.69) is 15.2 Å². The largest absolute Gasteiger partial charge is 0.317 e. The van der Waals surface area contributed by atoms with Gasteiger partial charge in [-0.2, -0.15) is 0 Å². The highest BCUT2D eigenvalue weighted by Gasteiger charge is 2.56. The summed E-state index contributed by atoms with van der Waals surface area (Å²) in [6.07, 6.45) is 5.20.